The number of benzene rings is 2. The van der Waals surface area contributed by atoms with Crippen molar-refractivity contribution in [2.75, 3.05) is 7.11 Å². The molecule has 1 aliphatic carbocycles. The first-order valence-corrected chi connectivity index (χ1v) is 7.28. The molecule has 0 amide bonds. The van der Waals surface area contributed by atoms with E-state index in [1.807, 2.05) is 0 Å². The second-order valence-electron chi connectivity index (χ2n) is 5.44. The zero-order valence-corrected chi connectivity index (χ0v) is 11.9. The Bertz CT molecular complexity index is 565. The lowest BCUT2D eigenvalue weighted by atomic mass is 9.88. The molecule has 2 heteroatoms. The second kappa shape index (κ2) is 6.10. The Labute approximate surface area is 120 Å². The summed E-state index contributed by atoms with van der Waals surface area (Å²) in [5, 5.41) is 3.68. The van der Waals surface area contributed by atoms with Gasteiger partial charge in [0, 0.05) is 12.6 Å². The van der Waals surface area contributed by atoms with Crippen molar-refractivity contribution in [1.29, 1.82) is 0 Å². The van der Waals surface area contributed by atoms with Crippen molar-refractivity contribution in [3.05, 3.63) is 65.2 Å². The Kier molecular flexibility index (Phi) is 4.03. The molecule has 1 N–H and O–H groups in total. The van der Waals surface area contributed by atoms with Gasteiger partial charge in [0.1, 0.15) is 5.75 Å². The average molecular weight is 267 g/mol. The van der Waals surface area contributed by atoms with Crippen LogP contribution in [0, 0.1) is 0 Å². The Morgan fingerprint density at radius 1 is 1.10 bits per heavy atom. The number of hydrogen-bond donors (Lipinski definition) is 1. The highest BCUT2D eigenvalue weighted by molar-refractivity contribution is 5.37. The molecule has 0 aromatic heterocycles. The van der Waals surface area contributed by atoms with Crippen molar-refractivity contribution >= 4 is 0 Å². The number of methoxy groups -OCH3 is 1. The molecule has 0 bridgehead atoms. The van der Waals surface area contributed by atoms with Crippen LogP contribution >= 0.6 is 0 Å². The summed E-state index contributed by atoms with van der Waals surface area (Å²) in [6.07, 6.45) is 3.47. The first-order chi connectivity index (χ1) is 9.85. The van der Waals surface area contributed by atoms with E-state index >= 15 is 0 Å². The summed E-state index contributed by atoms with van der Waals surface area (Å²) in [7, 11) is 1.73. The van der Waals surface area contributed by atoms with Gasteiger partial charge in [-0.05, 0) is 48.1 Å². The Balaban J connectivity index is 1.63. The minimum Gasteiger partial charge on any atom is -0.497 e. The number of aryl methyl sites for hydroxylation is 1. The molecular weight excluding hydrogens is 246 g/mol. The smallest absolute Gasteiger partial charge is 0.119 e. The summed E-state index contributed by atoms with van der Waals surface area (Å²) >= 11 is 0. The quantitative estimate of drug-likeness (QED) is 0.917. The number of nitrogens with one attached hydrogen (secondary N) is 1. The largest absolute Gasteiger partial charge is 0.497 e. The molecule has 1 unspecified atom stereocenters. The van der Waals surface area contributed by atoms with E-state index in [0.29, 0.717) is 6.04 Å². The van der Waals surface area contributed by atoms with E-state index in [4.69, 9.17) is 4.74 Å². The molecule has 0 spiro atoms. The van der Waals surface area contributed by atoms with E-state index in [9.17, 15) is 0 Å². The molecule has 0 aliphatic heterocycles. The Hall–Kier alpha value is -1.80. The van der Waals surface area contributed by atoms with Gasteiger partial charge < -0.3 is 10.1 Å². The van der Waals surface area contributed by atoms with Gasteiger partial charge in [-0.15, -0.1) is 0 Å². The van der Waals surface area contributed by atoms with Crippen LogP contribution < -0.4 is 10.1 Å². The number of hydrogen-bond acceptors (Lipinski definition) is 2. The molecule has 20 heavy (non-hydrogen) atoms. The fourth-order valence-electron chi connectivity index (χ4n) is 2.89. The summed E-state index contributed by atoms with van der Waals surface area (Å²) < 4.78 is 5.32. The lowest BCUT2D eigenvalue weighted by molar-refractivity contribution is 0.411. The van der Waals surface area contributed by atoms with Gasteiger partial charge in [0.15, 0.2) is 0 Å². The molecule has 104 valence electrons. The van der Waals surface area contributed by atoms with E-state index in [1.54, 1.807) is 7.11 Å². The molecule has 0 saturated carbocycles. The number of rotatable bonds is 4. The molecule has 0 saturated heterocycles. The Morgan fingerprint density at radius 2 is 1.95 bits per heavy atom. The number of ether oxygens (including phenoxy) is 1. The third-order valence-corrected chi connectivity index (χ3v) is 4.08. The minimum absolute atomic E-state index is 0.565. The highest BCUT2D eigenvalue weighted by Crippen LogP contribution is 2.25. The topological polar surface area (TPSA) is 21.3 Å². The summed E-state index contributed by atoms with van der Waals surface area (Å²) in [5.41, 5.74) is 4.26. The van der Waals surface area contributed by atoms with Crippen molar-refractivity contribution in [3.8, 4) is 5.75 Å². The molecule has 2 aromatic carbocycles. The maximum atomic E-state index is 5.32. The zero-order chi connectivity index (χ0) is 13.8. The zero-order valence-electron chi connectivity index (χ0n) is 11.9. The van der Waals surface area contributed by atoms with Crippen molar-refractivity contribution in [3.63, 3.8) is 0 Å². The van der Waals surface area contributed by atoms with E-state index in [2.05, 4.69) is 53.8 Å². The lowest BCUT2D eigenvalue weighted by Gasteiger charge is -2.26. The van der Waals surface area contributed by atoms with Crippen LogP contribution in [0.15, 0.2) is 48.5 Å². The van der Waals surface area contributed by atoms with Gasteiger partial charge in [-0.3, -0.25) is 0 Å². The summed E-state index contributed by atoms with van der Waals surface area (Å²) in [4.78, 5) is 0. The molecule has 2 nitrogen and oxygen atoms in total. The SMILES string of the molecule is COc1ccc2c(c1)CC(NCc1ccccc1)CC2. The summed E-state index contributed by atoms with van der Waals surface area (Å²) in [6.45, 7) is 0.949. The third-order valence-electron chi connectivity index (χ3n) is 4.08. The van der Waals surface area contributed by atoms with Crippen LogP contribution in [0.4, 0.5) is 0 Å². The third kappa shape index (κ3) is 3.02. The van der Waals surface area contributed by atoms with Gasteiger partial charge in [0.05, 0.1) is 7.11 Å². The summed E-state index contributed by atoms with van der Waals surface area (Å²) in [6, 6.07) is 17.6. The van der Waals surface area contributed by atoms with Crippen molar-refractivity contribution < 1.29 is 4.74 Å². The fourth-order valence-corrected chi connectivity index (χ4v) is 2.89. The van der Waals surface area contributed by atoms with Crippen LogP contribution in [0.25, 0.3) is 0 Å². The molecule has 3 rings (SSSR count). The van der Waals surface area contributed by atoms with Gasteiger partial charge in [-0.2, -0.15) is 0 Å². The first kappa shape index (κ1) is 13.2. The minimum atomic E-state index is 0.565. The fraction of sp³-hybridized carbons (Fsp3) is 0.333. The van der Waals surface area contributed by atoms with Crippen LogP contribution in [0.5, 0.6) is 5.75 Å². The predicted molar refractivity (Wildman–Crippen MR) is 82.1 cm³/mol. The van der Waals surface area contributed by atoms with Gasteiger partial charge in [0.2, 0.25) is 0 Å². The van der Waals surface area contributed by atoms with Crippen molar-refractivity contribution in [1.82, 2.24) is 5.32 Å². The van der Waals surface area contributed by atoms with E-state index in [0.717, 1.165) is 25.1 Å². The van der Waals surface area contributed by atoms with Gasteiger partial charge in [0.25, 0.3) is 0 Å². The summed E-state index contributed by atoms with van der Waals surface area (Å²) in [5.74, 6) is 0.965. The molecule has 0 heterocycles. The monoisotopic (exact) mass is 267 g/mol. The highest BCUT2D eigenvalue weighted by Gasteiger charge is 2.18. The second-order valence-corrected chi connectivity index (χ2v) is 5.44. The van der Waals surface area contributed by atoms with Crippen LogP contribution in [0.3, 0.4) is 0 Å². The van der Waals surface area contributed by atoms with Gasteiger partial charge in [-0.25, -0.2) is 0 Å². The van der Waals surface area contributed by atoms with E-state index < -0.39 is 0 Å². The predicted octanol–water partition coefficient (Wildman–Crippen LogP) is 3.34. The maximum Gasteiger partial charge on any atom is 0.119 e. The molecular formula is C18H21NO. The molecule has 1 aliphatic rings. The molecule has 1 atom stereocenters. The number of fused-ring (bicyclic) bond motifs is 1. The highest BCUT2D eigenvalue weighted by atomic mass is 16.5. The van der Waals surface area contributed by atoms with Crippen LogP contribution in [0.2, 0.25) is 0 Å². The van der Waals surface area contributed by atoms with E-state index in [1.165, 1.54) is 23.1 Å². The van der Waals surface area contributed by atoms with Gasteiger partial charge in [-0.1, -0.05) is 36.4 Å². The van der Waals surface area contributed by atoms with E-state index in [-0.39, 0.29) is 0 Å². The molecule has 0 radical (unpaired) electrons. The van der Waals surface area contributed by atoms with Crippen molar-refractivity contribution in [2.45, 2.75) is 31.8 Å². The lowest BCUT2D eigenvalue weighted by Crippen LogP contribution is -2.34. The standard InChI is InChI=1S/C18H21NO/c1-20-18-10-8-15-7-9-17(11-16(15)12-18)19-13-14-5-3-2-4-6-14/h2-6,8,10,12,17,19H,7,9,11,13H2,1H3. The van der Waals surface area contributed by atoms with Gasteiger partial charge >= 0.3 is 0 Å². The molecule has 0 fully saturated rings. The van der Waals surface area contributed by atoms with Crippen LogP contribution in [0.1, 0.15) is 23.1 Å². The first-order valence-electron chi connectivity index (χ1n) is 7.28. The maximum absolute atomic E-state index is 5.32. The van der Waals surface area contributed by atoms with Crippen LogP contribution in [-0.2, 0) is 19.4 Å². The molecule has 2 aromatic rings. The normalized spacial score (nSPS) is 17.6. The average Bonchev–Trinajstić information content (AvgIpc) is 2.53. The van der Waals surface area contributed by atoms with Crippen molar-refractivity contribution in [2.24, 2.45) is 0 Å². The Morgan fingerprint density at radius 3 is 2.75 bits per heavy atom. The van der Waals surface area contributed by atoms with Crippen LogP contribution in [-0.4, -0.2) is 13.2 Å².